The Kier molecular flexibility index (Phi) is 5.74. The molecule has 0 saturated heterocycles. The second kappa shape index (κ2) is 7.08. The van der Waals surface area contributed by atoms with Crippen LogP contribution >= 0.6 is 0 Å². The maximum Gasteiger partial charge on any atom is 0.265 e. The van der Waals surface area contributed by atoms with Gasteiger partial charge in [0.25, 0.3) is 5.91 Å². The molecule has 1 rings (SSSR count). The highest BCUT2D eigenvalue weighted by molar-refractivity contribution is 5.93. The summed E-state index contributed by atoms with van der Waals surface area (Å²) in [6.45, 7) is 4.92. The van der Waals surface area contributed by atoms with Crippen molar-refractivity contribution >= 4 is 5.91 Å². The molecule has 0 radical (unpaired) electrons. The molecule has 0 spiro atoms. The number of amides is 1. The molecule has 0 fully saturated rings. The van der Waals surface area contributed by atoms with Crippen molar-refractivity contribution in [2.24, 2.45) is 11.8 Å². The number of nitrogens with one attached hydrogen (secondary N) is 1. The van der Waals surface area contributed by atoms with E-state index in [1.54, 1.807) is 0 Å². The van der Waals surface area contributed by atoms with Gasteiger partial charge in [-0.3, -0.25) is 10.2 Å². The number of nitrogen functional groups attached to an aromatic ring is 1. The molecule has 5 heteroatoms. The zero-order valence-corrected chi connectivity index (χ0v) is 10.7. The summed E-state index contributed by atoms with van der Waals surface area (Å²) in [7, 11) is 0. The predicted octanol–water partition coefficient (Wildman–Crippen LogP) is 1.99. The van der Waals surface area contributed by atoms with Crippen molar-refractivity contribution in [2.45, 2.75) is 26.9 Å². The van der Waals surface area contributed by atoms with Gasteiger partial charge in [-0.2, -0.15) is 0 Å². The lowest BCUT2D eigenvalue weighted by Crippen LogP contribution is -2.30. The summed E-state index contributed by atoms with van der Waals surface area (Å²) in [6.07, 6.45) is 0.921. The van der Waals surface area contributed by atoms with E-state index < -0.39 is 5.91 Å². The topological polar surface area (TPSA) is 64.3 Å². The first-order valence-electron chi connectivity index (χ1n) is 5.91. The van der Waals surface area contributed by atoms with Crippen LogP contribution in [0.15, 0.2) is 18.2 Å². The lowest BCUT2D eigenvalue weighted by atomic mass is 10.1. The molecular formula is C13H19FN2O2. The summed E-state index contributed by atoms with van der Waals surface area (Å²) in [5.41, 5.74) is 2.69. The van der Waals surface area contributed by atoms with Crippen LogP contribution in [0.4, 0.5) is 4.39 Å². The van der Waals surface area contributed by atoms with Crippen LogP contribution in [0.2, 0.25) is 0 Å². The molecule has 3 N–H and O–H groups in total. The van der Waals surface area contributed by atoms with Gasteiger partial charge >= 0.3 is 0 Å². The zero-order chi connectivity index (χ0) is 13.5. The number of halogens is 1. The number of hydrazine groups is 1. The average Bonchev–Trinajstić information content (AvgIpc) is 2.35. The van der Waals surface area contributed by atoms with Crippen molar-refractivity contribution < 1.29 is 13.9 Å². The Hall–Kier alpha value is -1.46. The van der Waals surface area contributed by atoms with Gasteiger partial charge in [0.1, 0.15) is 5.82 Å². The normalized spacial score (nSPS) is 10.7. The van der Waals surface area contributed by atoms with E-state index in [0.29, 0.717) is 23.7 Å². The Morgan fingerprint density at radius 3 is 2.83 bits per heavy atom. The number of carbonyl (C=O) groups excluding carboxylic acids is 1. The van der Waals surface area contributed by atoms with E-state index in [1.165, 1.54) is 18.2 Å². The number of hydrogen-bond donors (Lipinski definition) is 2. The first-order valence-corrected chi connectivity index (χ1v) is 5.91. The van der Waals surface area contributed by atoms with Crippen LogP contribution < -0.4 is 11.3 Å². The molecule has 1 aromatic rings. The van der Waals surface area contributed by atoms with Gasteiger partial charge in [0.05, 0.1) is 6.61 Å². The van der Waals surface area contributed by atoms with Crippen LogP contribution in [-0.2, 0) is 11.3 Å². The minimum atomic E-state index is -0.446. The monoisotopic (exact) mass is 254 g/mol. The van der Waals surface area contributed by atoms with Gasteiger partial charge in [0.2, 0.25) is 0 Å². The quantitative estimate of drug-likeness (QED) is 0.353. The van der Waals surface area contributed by atoms with E-state index in [4.69, 9.17) is 10.6 Å². The smallest absolute Gasteiger partial charge is 0.265 e. The number of hydrogen-bond acceptors (Lipinski definition) is 3. The van der Waals surface area contributed by atoms with Crippen molar-refractivity contribution in [1.82, 2.24) is 5.43 Å². The van der Waals surface area contributed by atoms with Crippen molar-refractivity contribution in [2.75, 3.05) is 6.61 Å². The number of rotatable bonds is 6. The Labute approximate surface area is 106 Å². The molecule has 0 atom stereocenters. The molecule has 1 aromatic carbocycles. The minimum Gasteiger partial charge on any atom is -0.377 e. The largest absolute Gasteiger partial charge is 0.377 e. The van der Waals surface area contributed by atoms with Crippen molar-refractivity contribution in [3.8, 4) is 0 Å². The van der Waals surface area contributed by atoms with Crippen LogP contribution in [-0.4, -0.2) is 12.5 Å². The van der Waals surface area contributed by atoms with Crippen molar-refractivity contribution in [1.29, 1.82) is 0 Å². The van der Waals surface area contributed by atoms with E-state index in [2.05, 4.69) is 13.8 Å². The van der Waals surface area contributed by atoms with Crippen molar-refractivity contribution in [3.05, 3.63) is 35.1 Å². The minimum absolute atomic E-state index is 0.157. The standard InChI is InChI=1S/C13H19FN2O2/c1-9(2)5-6-18-8-11-7-10(13(17)16-15)3-4-12(11)14/h3-4,7,9H,5-6,8,15H2,1-2H3,(H,16,17). The third-order valence-corrected chi connectivity index (χ3v) is 2.54. The highest BCUT2D eigenvalue weighted by atomic mass is 19.1. The summed E-state index contributed by atoms with van der Waals surface area (Å²) in [5.74, 6) is 4.74. The van der Waals surface area contributed by atoms with Gasteiger partial charge in [-0.05, 0) is 30.5 Å². The average molecular weight is 254 g/mol. The molecule has 0 aliphatic heterocycles. The van der Waals surface area contributed by atoms with Crippen LogP contribution in [0.3, 0.4) is 0 Å². The van der Waals surface area contributed by atoms with Crippen LogP contribution in [0.25, 0.3) is 0 Å². The highest BCUT2D eigenvalue weighted by Crippen LogP contribution is 2.12. The Balaban J connectivity index is 2.61. The van der Waals surface area contributed by atoms with E-state index in [9.17, 15) is 9.18 Å². The second-order valence-corrected chi connectivity index (χ2v) is 4.51. The molecule has 0 unspecified atom stereocenters. The number of benzene rings is 1. The summed E-state index contributed by atoms with van der Waals surface area (Å²) in [5, 5.41) is 0. The Bertz CT molecular complexity index is 408. The molecule has 0 aliphatic rings. The number of ether oxygens (including phenoxy) is 1. The van der Waals surface area contributed by atoms with E-state index in [-0.39, 0.29) is 12.4 Å². The molecule has 0 bridgehead atoms. The SMILES string of the molecule is CC(C)CCOCc1cc(C(=O)NN)ccc1F. The lowest BCUT2D eigenvalue weighted by Gasteiger charge is -2.08. The van der Waals surface area contributed by atoms with Crippen LogP contribution in [0.1, 0.15) is 36.2 Å². The van der Waals surface area contributed by atoms with Gasteiger partial charge in [-0.1, -0.05) is 13.8 Å². The molecule has 0 aliphatic carbocycles. The molecule has 0 saturated carbocycles. The number of nitrogens with two attached hydrogens (primary N) is 1. The fraction of sp³-hybridized carbons (Fsp3) is 0.462. The third kappa shape index (κ3) is 4.43. The molecule has 100 valence electrons. The predicted molar refractivity (Wildman–Crippen MR) is 67.2 cm³/mol. The second-order valence-electron chi connectivity index (χ2n) is 4.51. The maximum absolute atomic E-state index is 13.5. The first kappa shape index (κ1) is 14.6. The summed E-state index contributed by atoms with van der Waals surface area (Å²) in [6, 6.07) is 4.08. The van der Waals surface area contributed by atoms with Crippen molar-refractivity contribution in [3.63, 3.8) is 0 Å². The van der Waals surface area contributed by atoms with Crippen LogP contribution in [0.5, 0.6) is 0 Å². The zero-order valence-electron chi connectivity index (χ0n) is 10.7. The number of carbonyl (C=O) groups is 1. The van der Waals surface area contributed by atoms with E-state index in [1.807, 2.05) is 5.43 Å². The lowest BCUT2D eigenvalue weighted by molar-refractivity contribution is 0.0952. The van der Waals surface area contributed by atoms with Crippen LogP contribution in [0, 0.1) is 11.7 Å². The summed E-state index contributed by atoms with van der Waals surface area (Å²) >= 11 is 0. The molecule has 1 amide bonds. The van der Waals surface area contributed by atoms with E-state index in [0.717, 1.165) is 6.42 Å². The van der Waals surface area contributed by atoms with Gasteiger partial charge < -0.3 is 4.74 Å². The van der Waals surface area contributed by atoms with Gasteiger partial charge in [-0.25, -0.2) is 10.2 Å². The van der Waals surface area contributed by atoms with Gasteiger partial charge in [0, 0.05) is 17.7 Å². The molecule has 0 heterocycles. The van der Waals surface area contributed by atoms with Gasteiger partial charge in [0.15, 0.2) is 0 Å². The molecular weight excluding hydrogens is 235 g/mol. The first-order chi connectivity index (χ1) is 8.54. The van der Waals surface area contributed by atoms with Gasteiger partial charge in [-0.15, -0.1) is 0 Å². The molecule has 4 nitrogen and oxygen atoms in total. The highest BCUT2D eigenvalue weighted by Gasteiger charge is 2.08. The fourth-order valence-corrected chi connectivity index (χ4v) is 1.41. The maximum atomic E-state index is 13.5. The fourth-order valence-electron chi connectivity index (χ4n) is 1.41. The van der Waals surface area contributed by atoms with E-state index >= 15 is 0 Å². The Morgan fingerprint density at radius 2 is 2.22 bits per heavy atom. The molecule has 0 aromatic heterocycles. The summed E-state index contributed by atoms with van der Waals surface area (Å²) in [4.78, 5) is 11.3. The Morgan fingerprint density at radius 1 is 1.50 bits per heavy atom. The third-order valence-electron chi connectivity index (χ3n) is 2.54. The summed E-state index contributed by atoms with van der Waals surface area (Å²) < 4.78 is 18.9. The molecule has 18 heavy (non-hydrogen) atoms.